The van der Waals surface area contributed by atoms with Crippen molar-refractivity contribution < 1.29 is 19.4 Å². The van der Waals surface area contributed by atoms with E-state index in [1.54, 1.807) is 0 Å². The second-order valence-corrected chi connectivity index (χ2v) is 3.84. The van der Waals surface area contributed by atoms with Gasteiger partial charge in [-0.05, 0) is 19.9 Å². The second-order valence-electron chi connectivity index (χ2n) is 3.44. The molecule has 0 aliphatic carbocycles. The average Bonchev–Trinajstić information content (AvgIpc) is 2.16. The van der Waals surface area contributed by atoms with Gasteiger partial charge in [0.25, 0.3) is 0 Å². The molecule has 0 aliphatic heterocycles. The van der Waals surface area contributed by atoms with Crippen LogP contribution in [0.25, 0.3) is 0 Å². The first kappa shape index (κ1) is 12.6. The number of carboxylic acids is 1. The third-order valence-electron chi connectivity index (χ3n) is 1.84. The normalized spacial score (nSPS) is 10.3. The van der Waals surface area contributed by atoms with Crippen LogP contribution in [0.5, 0.6) is 11.5 Å². The van der Waals surface area contributed by atoms with E-state index < -0.39 is 5.97 Å². The molecule has 0 amide bonds. The van der Waals surface area contributed by atoms with Crippen molar-refractivity contribution in [3.63, 3.8) is 0 Å². The molecule has 1 rings (SSSR count). The van der Waals surface area contributed by atoms with Crippen molar-refractivity contribution in [1.29, 1.82) is 0 Å². The first-order chi connectivity index (χ1) is 7.45. The number of aromatic carboxylic acids is 1. The van der Waals surface area contributed by atoms with Crippen molar-refractivity contribution in [2.45, 2.75) is 20.0 Å². The summed E-state index contributed by atoms with van der Waals surface area (Å²) in [6.45, 7) is 3.69. The van der Waals surface area contributed by atoms with Gasteiger partial charge in [0.2, 0.25) is 0 Å². The quantitative estimate of drug-likeness (QED) is 0.804. The zero-order valence-corrected chi connectivity index (χ0v) is 10.00. The smallest absolute Gasteiger partial charge is 0.163 e. The number of hydrogen-bond donors (Lipinski definition) is 0. The highest BCUT2D eigenvalue weighted by atomic mass is 35.5. The number of rotatable bonds is 4. The highest BCUT2D eigenvalue weighted by Gasteiger charge is 2.12. The average molecular weight is 244 g/mol. The molecule has 0 saturated carbocycles. The first-order valence-corrected chi connectivity index (χ1v) is 5.09. The van der Waals surface area contributed by atoms with Gasteiger partial charge in [0.05, 0.1) is 24.2 Å². The maximum atomic E-state index is 10.7. The summed E-state index contributed by atoms with van der Waals surface area (Å²) < 4.78 is 10.4. The molecule has 0 spiro atoms. The molecule has 1 aromatic carbocycles. The van der Waals surface area contributed by atoms with Gasteiger partial charge in [-0.15, -0.1) is 0 Å². The lowest BCUT2D eigenvalue weighted by atomic mass is 10.2. The van der Waals surface area contributed by atoms with Gasteiger partial charge >= 0.3 is 0 Å². The fraction of sp³-hybridized carbons (Fsp3) is 0.364. The van der Waals surface area contributed by atoms with Crippen LogP contribution in [0.4, 0.5) is 0 Å². The molecule has 0 atom stereocenters. The molecule has 5 heteroatoms. The second kappa shape index (κ2) is 5.07. The van der Waals surface area contributed by atoms with Crippen molar-refractivity contribution >= 4 is 17.6 Å². The van der Waals surface area contributed by atoms with Crippen molar-refractivity contribution in [3.8, 4) is 11.5 Å². The van der Waals surface area contributed by atoms with Crippen LogP contribution in [0.1, 0.15) is 24.2 Å². The van der Waals surface area contributed by atoms with Gasteiger partial charge in [0.1, 0.15) is 0 Å². The number of benzene rings is 1. The Kier molecular flexibility index (Phi) is 4.01. The van der Waals surface area contributed by atoms with Gasteiger partial charge in [-0.25, -0.2) is 0 Å². The summed E-state index contributed by atoms with van der Waals surface area (Å²) in [5.41, 5.74) is -0.116. The van der Waals surface area contributed by atoms with Crippen LogP contribution < -0.4 is 14.6 Å². The lowest BCUT2D eigenvalue weighted by Gasteiger charge is -2.16. The van der Waals surface area contributed by atoms with E-state index in [0.717, 1.165) is 0 Å². The Morgan fingerprint density at radius 3 is 2.44 bits per heavy atom. The van der Waals surface area contributed by atoms with Crippen LogP contribution in [0.15, 0.2) is 12.1 Å². The molecule has 16 heavy (non-hydrogen) atoms. The highest BCUT2D eigenvalue weighted by Crippen LogP contribution is 2.33. The number of carboxylic acid groups (broad SMARTS) is 1. The van der Waals surface area contributed by atoms with Crippen LogP contribution in [-0.2, 0) is 0 Å². The summed E-state index contributed by atoms with van der Waals surface area (Å²) in [5, 5.41) is 10.8. The van der Waals surface area contributed by atoms with Crippen LogP contribution in [0.3, 0.4) is 0 Å². The van der Waals surface area contributed by atoms with Crippen molar-refractivity contribution in [2.24, 2.45) is 0 Å². The maximum absolute atomic E-state index is 10.7. The van der Waals surface area contributed by atoms with Gasteiger partial charge < -0.3 is 19.4 Å². The molecule has 0 heterocycles. The molecule has 1 aromatic rings. The molecule has 88 valence electrons. The molecular weight excluding hydrogens is 232 g/mol. The van der Waals surface area contributed by atoms with E-state index >= 15 is 0 Å². The fourth-order valence-corrected chi connectivity index (χ4v) is 1.43. The topological polar surface area (TPSA) is 58.6 Å². The Hall–Kier alpha value is -1.42. The molecule has 0 N–H and O–H groups in total. The van der Waals surface area contributed by atoms with Crippen molar-refractivity contribution in [1.82, 2.24) is 0 Å². The van der Waals surface area contributed by atoms with Crippen molar-refractivity contribution in [3.05, 3.63) is 22.7 Å². The molecule has 0 aliphatic rings. The molecule has 0 unspecified atom stereocenters. The van der Waals surface area contributed by atoms with Gasteiger partial charge in [-0.1, -0.05) is 11.6 Å². The number of carbonyl (C=O) groups excluding carboxylic acids is 1. The zero-order valence-electron chi connectivity index (χ0n) is 9.24. The summed E-state index contributed by atoms with van der Waals surface area (Å²) in [6, 6.07) is 2.70. The summed E-state index contributed by atoms with van der Waals surface area (Å²) in [4.78, 5) is 10.7. The molecule has 0 aromatic heterocycles. The molecule has 0 saturated heterocycles. The molecule has 0 fully saturated rings. The third-order valence-corrected chi connectivity index (χ3v) is 2.15. The van der Waals surface area contributed by atoms with Crippen LogP contribution in [0.2, 0.25) is 5.02 Å². The Labute approximate surface area is 98.7 Å². The van der Waals surface area contributed by atoms with E-state index in [-0.39, 0.29) is 16.7 Å². The minimum Gasteiger partial charge on any atom is -0.545 e. The lowest BCUT2D eigenvalue weighted by Crippen LogP contribution is -2.22. The van der Waals surface area contributed by atoms with Gasteiger partial charge in [-0.2, -0.15) is 0 Å². The number of ether oxygens (including phenoxy) is 2. The summed E-state index contributed by atoms with van der Waals surface area (Å²) in [6.07, 6.45) is -0.0567. The van der Waals surface area contributed by atoms with E-state index in [0.29, 0.717) is 11.5 Å². The number of carbonyl (C=O) groups is 1. The largest absolute Gasteiger partial charge is 0.545 e. The van der Waals surface area contributed by atoms with Gasteiger partial charge in [0, 0.05) is 11.6 Å². The van der Waals surface area contributed by atoms with E-state index in [1.807, 2.05) is 13.8 Å². The van der Waals surface area contributed by atoms with E-state index in [9.17, 15) is 9.90 Å². The van der Waals surface area contributed by atoms with Gasteiger partial charge in [0.15, 0.2) is 11.5 Å². The number of methoxy groups -OCH3 is 1. The van der Waals surface area contributed by atoms with E-state index in [2.05, 4.69) is 0 Å². The SMILES string of the molecule is COc1cc(C(=O)[O-])c(Cl)cc1OC(C)C. The van der Waals surface area contributed by atoms with E-state index in [4.69, 9.17) is 21.1 Å². The standard InChI is InChI=1S/C11H13ClO4/c1-6(2)16-10-5-8(12)7(11(13)14)4-9(10)15-3/h4-6H,1-3H3,(H,13,14)/p-1. The Balaban J connectivity index is 3.21. The Morgan fingerprint density at radius 1 is 1.38 bits per heavy atom. The minimum atomic E-state index is -1.35. The van der Waals surface area contributed by atoms with Gasteiger partial charge in [-0.3, -0.25) is 0 Å². The molecule has 4 nitrogen and oxygen atoms in total. The third kappa shape index (κ3) is 2.79. The van der Waals surface area contributed by atoms with Crippen LogP contribution >= 0.6 is 11.6 Å². The summed E-state index contributed by atoms with van der Waals surface area (Å²) in [7, 11) is 1.43. The maximum Gasteiger partial charge on any atom is 0.163 e. The number of halogens is 1. The predicted octanol–water partition coefficient (Wildman–Crippen LogP) is 1.50. The minimum absolute atomic E-state index is 0.0567. The summed E-state index contributed by atoms with van der Waals surface area (Å²) >= 11 is 5.78. The Bertz CT molecular complexity index is 401. The summed E-state index contributed by atoms with van der Waals surface area (Å²) in [5.74, 6) is -0.621. The Morgan fingerprint density at radius 2 is 2.00 bits per heavy atom. The van der Waals surface area contributed by atoms with Crippen molar-refractivity contribution in [2.75, 3.05) is 7.11 Å². The highest BCUT2D eigenvalue weighted by molar-refractivity contribution is 6.33. The molecular formula is C11H12ClO4-. The fourth-order valence-electron chi connectivity index (χ4n) is 1.20. The molecule has 0 radical (unpaired) electrons. The first-order valence-electron chi connectivity index (χ1n) is 4.71. The monoisotopic (exact) mass is 243 g/mol. The predicted molar refractivity (Wildman–Crippen MR) is 58.1 cm³/mol. The van der Waals surface area contributed by atoms with E-state index in [1.165, 1.54) is 19.2 Å². The molecule has 0 bridgehead atoms. The zero-order chi connectivity index (χ0) is 12.3. The lowest BCUT2D eigenvalue weighted by molar-refractivity contribution is -0.255. The van der Waals surface area contributed by atoms with Crippen LogP contribution in [0, 0.1) is 0 Å². The number of hydrogen-bond acceptors (Lipinski definition) is 4. The van der Waals surface area contributed by atoms with Crippen LogP contribution in [-0.4, -0.2) is 19.2 Å².